The van der Waals surface area contributed by atoms with Crippen LogP contribution in [0.5, 0.6) is 0 Å². The van der Waals surface area contributed by atoms with Gasteiger partial charge in [0.2, 0.25) is 0 Å². The van der Waals surface area contributed by atoms with Gasteiger partial charge in [0.1, 0.15) is 0 Å². The molecule has 0 aliphatic carbocycles. The average Bonchev–Trinajstić information content (AvgIpc) is 2.31. The number of carbonyl (C=O) groups is 1. The van der Waals surface area contributed by atoms with Crippen LogP contribution in [0.4, 0.5) is 0 Å². The molecule has 0 N–H and O–H groups in total. The standard InChI is InChI=1S/C18H34N2O2/c1-9-10-11-19-14-12-17(5,6)20(18(7,8)13-14)22-15(21)16(2,3)4/h11,14H,9-10,12-13H2,1-8H3. The number of piperidine rings is 1. The maximum absolute atomic E-state index is 12.3. The van der Waals surface area contributed by atoms with E-state index in [9.17, 15) is 4.79 Å². The van der Waals surface area contributed by atoms with E-state index in [-0.39, 0.29) is 17.0 Å². The second-order valence-electron chi connectivity index (χ2n) is 8.73. The van der Waals surface area contributed by atoms with Crippen LogP contribution in [0.1, 0.15) is 81.1 Å². The largest absolute Gasteiger partial charge is 0.366 e. The van der Waals surface area contributed by atoms with Crippen molar-refractivity contribution in [1.29, 1.82) is 0 Å². The lowest BCUT2D eigenvalue weighted by atomic mass is 9.79. The SMILES string of the molecule is CCCC=NC1CC(C)(C)N(OC(=O)C(C)(C)C)C(C)(C)C1. The van der Waals surface area contributed by atoms with Crippen molar-refractivity contribution in [3.05, 3.63) is 0 Å². The Bertz CT molecular complexity index is 401. The third-order valence-corrected chi connectivity index (χ3v) is 4.09. The fourth-order valence-electron chi connectivity index (χ4n) is 3.14. The molecule has 0 bridgehead atoms. The molecule has 0 spiro atoms. The first-order chi connectivity index (χ1) is 9.90. The van der Waals surface area contributed by atoms with Crippen LogP contribution in [0, 0.1) is 5.41 Å². The molecule has 0 saturated carbocycles. The molecule has 0 atom stereocenters. The van der Waals surface area contributed by atoms with E-state index in [1.165, 1.54) is 0 Å². The monoisotopic (exact) mass is 310 g/mol. The van der Waals surface area contributed by atoms with E-state index in [0.29, 0.717) is 6.04 Å². The summed E-state index contributed by atoms with van der Waals surface area (Å²) in [5, 5.41) is 1.90. The first-order valence-corrected chi connectivity index (χ1v) is 8.44. The second-order valence-corrected chi connectivity index (χ2v) is 8.73. The van der Waals surface area contributed by atoms with E-state index in [1.54, 1.807) is 0 Å². The lowest BCUT2D eigenvalue weighted by molar-refractivity contribution is -0.273. The summed E-state index contributed by atoms with van der Waals surface area (Å²) in [6.07, 6.45) is 5.99. The number of rotatable bonds is 4. The van der Waals surface area contributed by atoms with Crippen LogP contribution in [0.25, 0.3) is 0 Å². The summed E-state index contributed by atoms with van der Waals surface area (Å²) < 4.78 is 0. The summed E-state index contributed by atoms with van der Waals surface area (Å²) in [5.74, 6) is -0.179. The molecular weight excluding hydrogens is 276 g/mol. The molecule has 1 saturated heterocycles. The van der Waals surface area contributed by atoms with Gasteiger partial charge in [-0.2, -0.15) is 0 Å². The highest BCUT2D eigenvalue weighted by Crippen LogP contribution is 2.40. The lowest BCUT2D eigenvalue weighted by Gasteiger charge is -2.52. The number of hydrogen-bond donors (Lipinski definition) is 0. The predicted molar refractivity (Wildman–Crippen MR) is 92.0 cm³/mol. The van der Waals surface area contributed by atoms with E-state index in [0.717, 1.165) is 25.7 Å². The number of hydroxylamine groups is 2. The molecule has 1 heterocycles. The molecule has 0 aromatic heterocycles. The van der Waals surface area contributed by atoms with Crippen molar-refractivity contribution in [1.82, 2.24) is 5.06 Å². The van der Waals surface area contributed by atoms with Gasteiger partial charge >= 0.3 is 5.97 Å². The van der Waals surface area contributed by atoms with Gasteiger partial charge in [0, 0.05) is 0 Å². The first kappa shape index (κ1) is 19.1. The maximum atomic E-state index is 12.3. The highest BCUT2D eigenvalue weighted by Gasteiger charge is 2.48. The van der Waals surface area contributed by atoms with Crippen LogP contribution in [-0.2, 0) is 9.63 Å². The third-order valence-electron chi connectivity index (χ3n) is 4.09. The Balaban J connectivity index is 2.90. The minimum atomic E-state index is -0.498. The topological polar surface area (TPSA) is 41.9 Å². The Hall–Kier alpha value is -0.900. The van der Waals surface area contributed by atoms with Crippen molar-refractivity contribution < 1.29 is 9.63 Å². The van der Waals surface area contributed by atoms with Crippen molar-refractivity contribution >= 4 is 12.2 Å². The second kappa shape index (κ2) is 6.69. The summed E-state index contributed by atoms with van der Waals surface area (Å²) >= 11 is 0. The molecule has 0 amide bonds. The van der Waals surface area contributed by atoms with Crippen LogP contribution >= 0.6 is 0 Å². The van der Waals surface area contributed by atoms with E-state index < -0.39 is 5.41 Å². The minimum Gasteiger partial charge on any atom is -0.366 e. The molecule has 4 heteroatoms. The van der Waals surface area contributed by atoms with Gasteiger partial charge < -0.3 is 4.84 Å². The number of nitrogens with zero attached hydrogens (tertiary/aromatic N) is 2. The molecule has 1 fully saturated rings. The van der Waals surface area contributed by atoms with Gasteiger partial charge in [-0.3, -0.25) is 4.99 Å². The molecule has 22 heavy (non-hydrogen) atoms. The Labute approximate surface area is 136 Å². The molecule has 128 valence electrons. The quantitative estimate of drug-likeness (QED) is 0.723. The predicted octanol–water partition coefficient (Wildman–Crippen LogP) is 4.38. The van der Waals surface area contributed by atoms with E-state index in [1.807, 2.05) is 32.0 Å². The van der Waals surface area contributed by atoms with Crippen molar-refractivity contribution in [2.75, 3.05) is 0 Å². The Morgan fingerprint density at radius 3 is 2.14 bits per heavy atom. The normalized spacial score (nSPS) is 22.9. The fraction of sp³-hybridized carbons (Fsp3) is 0.889. The Morgan fingerprint density at radius 2 is 1.73 bits per heavy atom. The number of carbonyl (C=O) groups excluding carboxylic acids is 1. The summed E-state index contributed by atoms with van der Waals surface area (Å²) in [4.78, 5) is 22.8. The molecule has 1 rings (SSSR count). The summed E-state index contributed by atoms with van der Waals surface area (Å²) in [7, 11) is 0. The van der Waals surface area contributed by atoms with Gasteiger partial charge in [-0.05, 0) is 73.9 Å². The lowest BCUT2D eigenvalue weighted by Crippen LogP contribution is -2.62. The molecule has 0 unspecified atom stereocenters. The van der Waals surface area contributed by atoms with Crippen LogP contribution in [0.3, 0.4) is 0 Å². The summed E-state index contributed by atoms with van der Waals surface area (Å²) in [6, 6.07) is 0.293. The van der Waals surface area contributed by atoms with Crippen molar-refractivity contribution in [2.24, 2.45) is 10.4 Å². The van der Waals surface area contributed by atoms with Gasteiger partial charge in [0.05, 0.1) is 22.5 Å². The zero-order valence-corrected chi connectivity index (χ0v) is 15.7. The summed E-state index contributed by atoms with van der Waals surface area (Å²) in [5.41, 5.74) is -0.948. The summed E-state index contributed by atoms with van der Waals surface area (Å²) in [6.45, 7) is 16.3. The molecular formula is C18H34N2O2. The van der Waals surface area contributed by atoms with Gasteiger partial charge in [-0.15, -0.1) is 5.06 Å². The molecule has 0 aromatic rings. The molecule has 0 aromatic carbocycles. The Morgan fingerprint density at radius 1 is 1.23 bits per heavy atom. The van der Waals surface area contributed by atoms with Crippen LogP contribution in [0.2, 0.25) is 0 Å². The third kappa shape index (κ3) is 4.80. The molecule has 1 aliphatic rings. The number of unbranched alkanes of at least 4 members (excludes halogenated alkanes) is 1. The highest BCUT2D eigenvalue weighted by atomic mass is 16.7. The highest BCUT2D eigenvalue weighted by molar-refractivity contribution is 5.75. The molecule has 0 radical (unpaired) electrons. The molecule has 4 nitrogen and oxygen atoms in total. The molecule has 1 aliphatic heterocycles. The first-order valence-electron chi connectivity index (χ1n) is 8.44. The van der Waals surface area contributed by atoms with Crippen molar-refractivity contribution in [2.45, 2.75) is 98.2 Å². The van der Waals surface area contributed by atoms with Crippen LogP contribution < -0.4 is 0 Å². The zero-order chi connectivity index (χ0) is 17.2. The van der Waals surface area contributed by atoms with E-state index in [4.69, 9.17) is 9.83 Å². The van der Waals surface area contributed by atoms with Gasteiger partial charge in [-0.25, -0.2) is 4.79 Å². The van der Waals surface area contributed by atoms with Crippen LogP contribution in [-0.4, -0.2) is 34.4 Å². The van der Waals surface area contributed by atoms with Gasteiger partial charge in [0.15, 0.2) is 0 Å². The minimum absolute atomic E-state index is 0.179. The number of aliphatic imine (C=N–C) groups is 1. The smallest absolute Gasteiger partial charge is 0.330 e. The average molecular weight is 310 g/mol. The number of hydrogen-bond acceptors (Lipinski definition) is 4. The van der Waals surface area contributed by atoms with E-state index in [2.05, 4.69) is 34.6 Å². The fourth-order valence-corrected chi connectivity index (χ4v) is 3.14. The maximum Gasteiger partial charge on any atom is 0.330 e. The van der Waals surface area contributed by atoms with Gasteiger partial charge in [0.25, 0.3) is 0 Å². The zero-order valence-electron chi connectivity index (χ0n) is 15.7. The van der Waals surface area contributed by atoms with Gasteiger partial charge in [-0.1, -0.05) is 13.3 Å². The van der Waals surface area contributed by atoms with E-state index >= 15 is 0 Å². The Kier molecular flexibility index (Phi) is 5.82. The van der Waals surface area contributed by atoms with Crippen molar-refractivity contribution in [3.8, 4) is 0 Å². The van der Waals surface area contributed by atoms with Crippen molar-refractivity contribution in [3.63, 3.8) is 0 Å². The van der Waals surface area contributed by atoms with Crippen LogP contribution in [0.15, 0.2) is 4.99 Å².